The van der Waals surface area contributed by atoms with Crippen molar-refractivity contribution in [1.29, 1.82) is 0 Å². The normalized spacial score (nSPS) is 13.8. The third-order valence-corrected chi connectivity index (χ3v) is 6.42. The van der Waals surface area contributed by atoms with Crippen LogP contribution in [0, 0.1) is 0 Å². The predicted octanol–water partition coefficient (Wildman–Crippen LogP) is 5.46. The fourth-order valence-corrected chi connectivity index (χ4v) is 4.64. The largest absolute Gasteiger partial charge is 0.489 e. The van der Waals surface area contributed by atoms with Crippen molar-refractivity contribution in [3.63, 3.8) is 0 Å². The molecule has 1 aliphatic rings. The summed E-state index contributed by atoms with van der Waals surface area (Å²) in [4.78, 5) is 25.5. The van der Waals surface area contributed by atoms with E-state index < -0.39 is 0 Å². The zero-order valence-corrected chi connectivity index (χ0v) is 18.3. The van der Waals surface area contributed by atoms with Gasteiger partial charge >= 0.3 is 0 Å². The molecule has 0 unspecified atom stereocenters. The number of rotatable bonds is 7. The van der Waals surface area contributed by atoms with E-state index in [1.54, 1.807) is 0 Å². The number of hydrogen-bond acceptors (Lipinski definition) is 4. The van der Waals surface area contributed by atoms with Crippen LogP contribution < -0.4 is 4.74 Å². The average Bonchev–Trinajstić information content (AvgIpc) is 3.34. The van der Waals surface area contributed by atoms with Gasteiger partial charge in [-0.25, -0.2) is 0 Å². The van der Waals surface area contributed by atoms with Gasteiger partial charge in [-0.1, -0.05) is 72.4 Å². The number of hydrogen-bond donors (Lipinski definition) is 0. The average molecular weight is 443 g/mol. The molecule has 1 fully saturated rings. The maximum Gasteiger partial charge on any atom is 0.289 e. The zero-order valence-electron chi connectivity index (χ0n) is 17.4. The zero-order chi connectivity index (χ0) is 21.9. The summed E-state index contributed by atoms with van der Waals surface area (Å²) in [6.07, 6.45) is 2.05. The molecule has 3 aromatic carbocycles. The number of fused-ring (bicyclic) bond motifs is 1. The van der Waals surface area contributed by atoms with E-state index in [0.29, 0.717) is 19.7 Å². The molecule has 2 amide bonds. The van der Waals surface area contributed by atoms with Gasteiger partial charge in [-0.2, -0.15) is 0 Å². The molecule has 0 radical (unpaired) electrons. The van der Waals surface area contributed by atoms with E-state index in [1.807, 2.05) is 66.9 Å². The third-order valence-electron chi connectivity index (χ3n) is 5.56. The lowest BCUT2D eigenvalue weighted by Gasteiger charge is -2.11. The van der Waals surface area contributed by atoms with Crippen molar-refractivity contribution < 1.29 is 14.3 Å². The van der Waals surface area contributed by atoms with Gasteiger partial charge in [0, 0.05) is 23.6 Å². The number of thioether (sulfide) groups is 1. The van der Waals surface area contributed by atoms with Crippen LogP contribution in [0.25, 0.3) is 10.9 Å². The van der Waals surface area contributed by atoms with Crippen LogP contribution in [0.3, 0.4) is 0 Å². The van der Waals surface area contributed by atoms with Crippen molar-refractivity contribution in [2.24, 2.45) is 0 Å². The van der Waals surface area contributed by atoms with Gasteiger partial charge in [-0.05, 0) is 34.9 Å². The number of para-hydroxylation sites is 1. The maximum atomic E-state index is 12.1. The Bertz CT molecular complexity index is 1250. The molecular weight excluding hydrogens is 420 g/mol. The van der Waals surface area contributed by atoms with Crippen molar-refractivity contribution in [1.82, 2.24) is 9.47 Å². The Hall–Kier alpha value is -3.51. The fourth-order valence-electron chi connectivity index (χ4n) is 3.91. The van der Waals surface area contributed by atoms with Crippen molar-refractivity contribution in [2.75, 3.05) is 5.75 Å². The molecule has 1 aromatic heterocycles. The van der Waals surface area contributed by atoms with Crippen LogP contribution in [0.15, 0.2) is 85.1 Å². The predicted molar refractivity (Wildman–Crippen MR) is 127 cm³/mol. The standard InChI is InChI=1S/C26H22N2O3S/c29-25-18-32-26(30)28(25)16-21-15-27(24-9-5-4-8-23(21)24)14-19-10-12-22(13-11-19)31-17-20-6-2-1-3-7-20/h1-13,15H,14,16-18H2. The van der Waals surface area contributed by atoms with Crippen LogP contribution in [0.5, 0.6) is 5.75 Å². The van der Waals surface area contributed by atoms with Crippen LogP contribution in [-0.4, -0.2) is 26.4 Å². The first kappa shape index (κ1) is 20.4. The van der Waals surface area contributed by atoms with Crippen LogP contribution >= 0.6 is 11.8 Å². The number of carbonyl (C=O) groups excluding carboxylic acids is 2. The molecule has 1 saturated heterocycles. The number of aromatic nitrogens is 1. The summed E-state index contributed by atoms with van der Waals surface area (Å²) in [6, 6.07) is 26.3. The quantitative estimate of drug-likeness (QED) is 0.381. The first-order chi connectivity index (χ1) is 15.7. The molecule has 32 heavy (non-hydrogen) atoms. The molecule has 2 heterocycles. The lowest BCUT2D eigenvalue weighted by molar-refractivity contribution is -0.125. The Morgan fingerprint density at radius 3 is 2.31 bits per heavy atom. The molecule has 0 bridgehead atoms. The molecule has 160 valence electrons. The molecule has 5 rings (SSSR count). The molecule has 5 nitrogen and oxygen atoms in total. The lowest BCUT2D eigenvalue weighted by Crippen LogP contribution is -2.27. The summed E-state index contributed by atoms with van der Waals surface area (Å²) in [6.45, 7) is 1.54. The minimum absolute atomic E-state index is 0.122. The third kappa shape index (κ3) is 4.27. The van der Waals surface area contributed by atoms with Gasteiger partial charge in [-0.15, -0.1) is 0 Å². The van der Waals surface area contributed by atoms with Crippen molar-refractivity contribution in [2.45, 2.75) is 19.7 Å². The smallest absolute Gasteiger partial charge is 0.289 e. The molecule has 0 N–H and O–H groups in total. The van der Waals surface area contributed by atoms with Gasteiger partial charge in [0.15, 0.2) is 0 Å². The van der Waals surface area contributed by atoms with Crippen molar-refractivity contribution >= 4 is 33.8 Å². The monoisotopic (exact) mass is 442 g/mol. The second-order valence-corrected chi connectivity index (χ2v) is 8.68. The van der Waals surface area contributed by atoms with E-state index in [2.05, 4.69) is 22.8 Å². The van der Waals surface area contributed by atoms with Crippen LogP contribution in [0.4, 0.5) is 4.79 Å². The van der Waals surface area contributed by atoms with Gasteiger partial charge in [0.2, 0.25) is 5.91 Å². The van der Waals surface area contributed by atoms with Gasteiger partial charge < -0.3 is 9.30 Å². The second kappa shape index (κ2) is 8.93. The van der Waals surface area contributed by atoms with Gasteiger partial charge in [0.1, 0.15) is 12.4 Å². The van der Waals surface area contributed by atoms with E-state index >= 15 is 0 Å². The molecule has 0 atom stereocenters. The van der Waals surface area contributed by atoms with Crippen molar-refractivity contribution in [3.8, 4) is 5.75 Å². The topological polar surface area (TPSA) is 51.5 Å². The Morgan fingerprint density at radius 1 is 0.812 bits per heavy atom. The summed E-state index contributed by atoms with van der Waals surface area (Å²) < 4.78 is 8.06. The molecule has 6 heteroatoms. The number of ether oxygens (including phenoxy) is 1. The number of carbonyl (C=O) groups is 2. The molecule has 0 saturated carbocycles. The van der Waals surface area contributed by atoms with Crippen molar-refractivity contribution in [3.05, 3.63) is 102 Å². The summed E-state index contributed by atoms with van der Waals surface area (Å²) >= 11 is 1.07. The summed E-state index contributed by atoms with van der Waals surface area (Å²) in [7, 11) is 0. The van der Waals surface area contributed by atoms with Crippen LogP contribution in [0.1, 0.15) is 16.7 Å². The maximum absolute atomic E-state index is 12.1. The Labute approximate surface area is 190 Å². The first-order valence-corrected chi connectivity index (χ1v) is 11.5. The van der Waals surface area contributed by atoms with Gasteiger partial charge in [-0.3, -0.25) is 14.5 Å². The van der Waals surface area contributed by atoms with Gasteiger partial charge in [0.25, 0.3) is 5.24 Å². The Morgan fingerprint density at radius 2 is 1.56 bits per heavy atom. The number of nitrogens with zero attached hydrogens (tertiary/aromatic N) is 2. The van der Waals surface area contributed by atoms with E-state index in [0.717, 1.165) is 45.1 Å². The highest BCUT2D eigenvalue weighted by molar-refractivity contribution is 8.14. The molecule has 1 aliphatic heterocycles. The fraction of sp³-hybridized carbons (Fsp3) is 0.154. The van der Waals surface area contributed by atoms with Crippen LogP contribution in [0.2, 0.25) is 0 Å². The van der Waals surface area contributed by atoms with E-state index in [4.69, 9.17) is 4.74 Å². The number of amides is 2. The summed E-state index contributed by atoms with van der Waals surface area (Å²) in [5.74, 6) is 0.943. The van der Waals surface area contributed by atoms with E-state index in [9.17, 15) is 9.59 Å². The van der Waals surface area contributed by atoms with E-state index in [-0.39, 0.29) is 16.9 Å². The minimum Gasteiger partial charge on any atom is -0.489 e. The Kier molecular flexibility index (Phi) is 5.69. The second-order valence-electron chi connectivity index (χ2n) is 7.75. The SMILES string of the molecule is O=C1CSC(=O)N1Cc1cn(Cc2ccc(OCc3ccccc3)cc2)c2ccccc12. The highest BCUT2D eigenvalue weighted by atomic mass is 32.2. The lowest BCUT2D eigenvalue weighted by atomic mass is 10.1. The summed E-state index contributed by atoms with van der Waals surface area (Å²) in [5.41, 5.74) is 4.34. The Balaban J connectivity index is 1.33. The highest BCUT2D eigenvalue weighted by Gasteiger charge is 2.30. The number of imide groups is 1. The molecule has 4 aromatic rings. The highest BCUT2D eigenvalue weighted by Crippen LogP contribution is 2.27. The van der Waals surface area contributed by atoms with E-state index in [1.165, 1.54) is 4.90 Å². The minimum atomic E-state index is -0.169. The first-order valence-electron chi connectivity index (χ1n) is 10.5. The molecule has 0 spiro atoms. The summed E-state index contributed by atoms with van der Waals surface area (Å²) in [5, 5.41) is 0.894. The van der Waals surface area contributed by atoms with Crippen LogP contribution in [-0.2, 0) is 24.5 Å². The molecular formula is C26H22N2O3S. The number of benzene rings is 3. The van der Waals surface area contributed by atoms with Gasteiger partial charge in [0.05, 0.1) is 12.3 Å². The molecule has 0 aliphatic carbocycles.